The summed E-state index contributed by atoms with van der Waals surface area (Å²) in [4.78, 5) is 11.5. The molecule has 1 atom stereocenters. The summed E-state index contributed by atoms with van der Waals surface area (Å²) in [5.74, 6) is 0.104. The second-order valence-electron chi connectivity index (χ2n) is 5.06. The first kappa shape index (κ1) is 12.5. The van der Waals surface area contributed by atoms with Crippen LogP contribution in [-0.4, -0.2) is 18.5 Å². The third kappa shape index (κ3) is 3.82. The highest BCUT2D eigenvalue weighted by Crippen LogP contribution is 2.44. The van der Waals surface area contributed by atoms with Crippen molar-refractivity contribution >= 4 is 5.91 Å². The molecule has 0 aromatic carbocycles. The second kappa shape index (κ2) is 5.50. The Kier molecular flexibility index (Phi) is 4.58. The molecule has 0 aliphatic heterocycles. The molecule has 1 fully saturated rings. The molecule has 0 saturated heterocycles. The zero-order chi connectivity index (χ0) is 11.3. The Labute approximate surface area is 92.8 Å². The molecule has 15 heavy (non-hydrogen) atoms. The van der Waals surface area contributed by atoms with Crippen LogP contribution in [0.2, 0.25) is 0 Å². The fraction of sp³-hybridized carbons (Fsp3) is 0.917. The lowest BCUT2D eigenvalue weighted by Crippen LogP contribution is -2.43. The van der Waals surface area contributed by atoms with Gasteiger partial charge in [-0.05, 0) is 31.6 Å². The summed E-state index contributed by atoms with van der Waals surface area (Å²) in [6, 6.07) is -0.0338. The molecular formula is C12H24N2O. The van der Waals surface area contributed by atoms with Crippen molar-refractivity contribution in [3.63, 3.8) is 0 Å². The minimum absolute atomic E-state index is 0.0338. The van der Waals surface area contributed by atoms with Gasteiger partial charge in [-0.1, -0.05) is 19.8 Å². The number of rotatable bonds is 6. The van der Waals surface area contributed by atoms with Crippen molar-refractivity contribution < 1.29 is 4.79 Å². The first-order valence-electron chi connectivity index (χ1n) is 6.10. The maximum atomic E-state index is 11.5. The summed E-state index contributed by atoms with van der Waals surface area (Å²) in [6.45, 7) is 4.93. The molecular weight excluding hydrogens is 188 g/mol. The van der Waals surface area contributed by atoms with Gasteiger partial charge in [-0.25, -0.2) is 0 Å². The van der Waals surface area contributed by atoms with Crippen molar-refractivity contribution in [3.05, 3.63) is 0 Å². The van der Waals surface area contributed by atoms with Gasteiger partial charge in [0.2, 0.25) is 5.91 Å². The van der Waals surface area contributed by atoms with Crippen LogP contribution >= 0.6 is 0 Å². The Morgan fingerprint density at radius 2 is 2.20 bits per heavy atom. The lowest BCUT2D eigenvalue weighted by molar-refractivity contribution is -0.122. The molecule has 0 aromatic rings. The third-order valence-corrected chi connectivity index (χ3v) is 3.36. The average Bonchev–Trinajstić information content (AvgIpc) is 2.08. The Bertz CT molecular complexity index is 210. The van der Waals surface area contributed by atoms with E-state index in [1.54, 1.807) is 0 Å². The lowest BCUT2D eigenvalue weighted by Gasteiger charge is -2.42. The normalized spacial score (nSPS) is 20.5. The molecule has 1 aliphatic carbocycles. The van der Waals surface area contributed by atoms with Crippen LogP contribution in [0.15, 0.2) is 0 Å². The monoisotopic (exact) mass is 212 g/mol. The smallest absolute Gasteiger partial charge is 0.221 e. The van der Waals surface area contributed by atoms with Crippen LogP contribution in [0.5, 0.6) is 0 Å². The van der Waals surface area contributed by atoms with E-state index in [0.717, 1.165) is 6.54 Å². The van der Waals surface area contributed by atoms with Gasteiger partial charge in [0.25, 0.3) is 0 Å². The van der Waals surface area contributed by atoms with Crippen LogP contribution in [0.3, 0.4) is 0 Å². The molecule has 1 saturated carbocycles. The molecule has 1 unspecified atom stereocenters. The molecule has 0 aromatic heterocycles. The van der Waals surface area contributed by atoms with E-state index in [0.29, 0.717) is 11.8 Å². The predicted molar refractivity (Wildman–Crippen MR) is 62.5 cm³/mol. The Morgan fingerprint density at radius 3 is 2.60 bits per heavy atom. The van der Waals surface area contributed by atoms with Crippen LogP contribution in [-0.2, 0) is 4.79 Å². The van der Waals surface area contributed by atoms with Gasteiger partial charge < -0.3 is 11.1 Å². The number of nitrogens with two attached hydrogens (primary N) is 1. The van der Waals surface area contributed by atoms with Crippen molar-refractivity contribution in [3.8, 4) is 0 Å². The third-order valence-electron chi connectivity index (χ3n) is 3.36. The van der Waals surface area contributed by atoms with Crippen molar-refractivity contribution in [2.75, 3.05) is 6.54 Å². The van der Waals surface area contributed by atoms with E-state index in [1.807, 2.05) is 6.92 Å². The SMILES string of the molecule is CCCC1(CNC(=O)CC(C)N)CCC1. The fourth-order valence-electron chi connectivity index (χ4n) is 2.37. The van der Waals surface area contributed by atoms with Gasteiger partial charge in [0, 0.05) is 19.0 Å². The quantitative estimate of drug-likeness (QED) is 0.705. The zero-order valence-corrected chi connectivity index (χ0v) is 10.0. The van der Waals surface area contributed by atoms with E-state index in [4.69, 9.17) is 5.73 Å². The zero-order valence-electron chi connectivity index (χ0n) is 10.0. The number of nitrogens with one attached hydrogen (secondary N) is 1. The van der Waals surface area contributed by atoms with E-state index in [-0.39, 0.29) is 11.9 Å². The van der Waals surface area contributed by atoms with E-state index in [9.17, 15) is 4.79 Å². The summed E-state index contributed by atoms with van der Waals surface area (Å²) in [6.07, 6.45) is 6.78. The van der Waals surface area contributed by atoms with Crippen molar-refractivity contribution in [1.82, 2.24) is 5.32 Å². The molecule has 3 nitrogen and oxygen atoms in total. The highest BCUT2D eigenvalue weighted by molar-refractivity contribution is 5.76. The molecule has 0 spiro atoms. The van der Waals surface area contributed by atoms with E-state index in [1.165, 1.54) is 32.1 Å². The van der Waals surface area contributed by atoms with Gasteiger partial charge in [0.1, 0.15) is 0 Å². The van der Waals surface area contributed by atoms with Crippen LogP contribution in [0.4, 0.5) is 0 Å². The first-order valence-corrected chi connectivity index (χ1v) is 6.10. The van der Waals surface area contributed by atoms with Gasteiger partial charge in [0.15, 0.2) is 0 Å². The molecule has 3 N–H and O–H groups in total. The fourth-order valence-corrected chi connectivity index (χ4v) is 2.37. The number of hydrogen-bond acceptors (Lipinski definition) is 2. The molecule has 0 bridgehead atoms. The minimum Gasteiger partial charge on any atom is -0.355 e. The number of amides is 1. The largest absolute Gasteiger partial charge is 0.355 e. The van der Waals surface area contributed by atoms with Crippen LogP contribution in [0.25, 0.3) is 0 Å². The van der Waals surface area contributed by atoms with Crippen molar-refractivity contribution in [2.24, 2.45) is 11.1 Å². The standard InChI is InChI=1S/C12H24N2O/c1-3-5-12(6-4-7-12)9-14-11(15)8-10(2)13/h10H,3-9,13H2,1-2H3,(H,14,15). The van der Waals surface area contributed by atoms with Gasteiger partial charge in [-0.15, -0.1) is 0 Å². The second-order valence-corrected chi connectivity index (χ2v) is 5.06. The summed E-state index contributed by atoms with van der Waals surface area (Å²) in [7, 11) is 0. The first-order chi connectivity index (χ1) is 7.08. The number of carbonyl (C=O) groups excluding carboxylic acids is 1. The van der Waals surface area contributed by atoms with Crippen molar-refractivity contribution in [1.29, 1.82) is 0 Å². The molecule has 3 heteroatoms. The Morgan fingerprint density at radius 1 is 1.53 bits per heavy atom. The lowest BCUT2D eigenvalue weighted by atomic mass is 9.66. The maximum absolute atomic E-state index is 11.5. The van der Waals surface area contributed by atoms with Crippen LogP contribution < -0.4 is 11.1 Å². The molecule has 1 aliphatic rings. The maximum Gasteiger partial charge on any atom is 0.221 e. The van der Waals surface area contributed by atoms with E-state index < -0.39 is 0 Å². The van der Waals surface area contributed by atoms with Gasteiger partial charge in [-0.2, -0.15) is 0 Å². The summed E-state index contributed by atoms with van der Waals surface area (Å²) in [5.41, 5.74) is 6.00. The topological polar surface area (TPSA) is 55.1 Å². The molecule has 1 rings (SSSR count). The summed E-state index contributed by atoms with van der Waals surface area (Å²) < 4.78 is 0. The average molecular weight is 212 g/mol. The number of carbonyl (C=O) groups is 1. The summed E-state index contributed by atoms with van der Waals surface area (Å²) >= 11 is 0. The highest BCUT2D eigenvalue weighted by atomic mass is 16.1. The predicted octanol–water partition coefficient (Wildman–Crippen LogP) is 1.81. The summed E-state index contributed by atoms with van der Waals surface area (Å²) in [5, 5.41) is 3.02. The van der Waals surface area contributed by atoms with Gasteiger partial charge in [0.05, 0.1) is 0 Å². The Balaban J connectivity index is 2.25. The van der Waals surface area contributed by atoms with Gasteiger partial charge >= 0.3 is 0 Å². The van der Waals surface area contributed by atoms with Crippen LogP contribution in [0, 0.1) is 5.41 Å². The Hall–Kier alpha value is -0.570. The molecule has 0 radical (unpaired) electrons. The van der Waals surface area contributed by atoms with Gasteiger partial charge in [-0.3, -0.25) is 4.79 Å². The van der Waals surface area contributed by atoms with E-state index >= 15 is 0 Å². The molecule has 0 heterocycles. The minimum atomic E-state index is -0.0338. The van der Waals surface area contributed by atoms with Crippen molar-refractivity contribution in [2.45, 2.75) is 58.4 Å². The molecule has 88 valence electrons. The van der Waals surface area contributed by atoms with E-state index in [2.05, 4.69) is 12.2 Å². The number of hydrogen-bond donors (Lipinski definition) is 2. The van der Waals surface area contributed by atoms with Crippen LogP contribution in [0.1, 0.15) is 52.4 Å². The molecule has 1 amide bonds. The highest BCUT2D eigenvalue weighted by Gasteiger charge is 2.35.